The van der Waals surface area contributed by atoms with E-state index in [1.54, 1.807) is 16.3 Å². The predicted molar refractivity (Wildman–Crippen MR) is 115 cm³/mol. The van der Waals surface area contributed by atoms with Crippen LogP contribution in [-0.2, 0) is 11.3 Å². The molecule has 1 atom stereocenters. The molecule has 3 aromatic rings. The van der Waals surface area contributed by atoms with E-state index in [9.17, 15) is 10.1 Å². The first-order valence-electron chi connectivity index (χ1n) is 10.4. The molecule has 1 spiro atoms. The molecule has 32 heavy (non-hydrogen) atoms. The van der Waals surface area contributed by atoms with Crippen molar-refractivity contribution in [3.05, 3.63) is 32.4 Å². The predicted octanol–water partition coefficient (Wildman–Crippen LogP) is 3.90. The van der Waals surface area contributed by atoms with Crippen LogP contribution in [0.1, 0.15) is 43.8 Å². The van der Waals surface area contributed by atoms with Crippen LogP contribution in [0.2, 0.25) is 10.4 Å². The van der Waals surface area contributed by atoms with Gasteiger partial charge in [-0.2, -0.15) is 10.1 Å². The number of rotatable bonds is 7. The Balaban J connectivity index is 1.28. The first-order valence-corrected chi connectivity index (χ1v) is 11.2. The molecule has 1 unspecified atom stereocenters. The summed E-state index contributed by atoms with van der Waals surface area (Å²) < 4.78 is 15.0. The molecule has 5 rings (SSSR count). The molecule has 13 heteroatoms. The molecule has 1 saturated carbocycles. The average molecular weight is 482 g/mol. The quantitative estimate of drug-likeness (QED) is 0.215. The van der Waals surface area contributed by atoms with Crippen LogP contribution in [0.15, 0.2) is 6.20 Å². The molecule has 0 N–H and O–H groups in total. The average Bonchev–Trinajstić information content (AvgIpc) is 3.29. The Bertz CT molecular complexity index is 1190. The van der Waals surface area contributed by atoms with Crippen molar-refractivity contribution in [2.24, 2.45) is 0 Å². The summed E-state index contributed by atoms with van der Waals surface area (Å²) in [5, 5.41) is 21.4. The van der Waals surface area contributed by atoms with E-state index in [0.717, 1.165) is 25.7 Å². The number of nitrogens with zero attached hydrogens (tertiary/aromatic N) is 7. The van der Waals surface area contributed by atoms with Gasteiger partial charge in [-0.15, -0.1) is 5.10 Å². The Morgan fingerprint density at radius 1 is 1.38 bits per heavy atom. The molecule has 1 aliphatic carbocycles. The molecule has 1 aliphatic heterocycles. The molecule has 170 valence electrons. The number of hydrogen-bond acceptors (Lipinski definition) is 8. The van der Waals surface area contributed by atoms with Gasteiger partial charge in [0.1, 0.15) is 5.69 Å². The van der Waals surface area contributed by atoms with Crippen LogP contribution >= 0.6 is 23.2 Å². The zero-order chi connectivity index (χ0) is 22.5. The van der Waals surface area contributed by atoms with Crippen molar-refractivity contribution in [2.45, 2.75) is 57.2 Å². The number of nitro groups is 1. The van der Waals surface area contributed by atoms with Gasteiger partial charge in [0, 0.05) is 25.8 Å². The normalized spacial score (nSPS) is 19.5. The van der Waals surface area contributed by atoms with Gasteiger partial charge in [-0.05, 0) is 44.2 Å². The van der Waals surface area contributed by atoms with Crippen molar-refractivity contribution in [2.75, 3.05) is 13.2 Å². The van der Waals surface area contributed by atoms with E-state index in [0.29, 0.717) is 36.3 Å². The molecular formula is C19H21Cl2N7O4. The number of aryl methyl sites for hydroxylation is 1. The molecular weight excluding hydrogens is 461 g/mol. The third-order valence-electron chi connectivity index (χ3n) is 6.06. The van der Waals surface area contributed by atoms with Crippen LogP contribution in [0.3, 0.4) is 0 Å². The molecule has 3 aromatic heterocycles. The largest absolute Gasteiger partial charge is 0.472 e. The number of aromatic nitrogens is 6. The monoisotopic (exact) mass is 481 g/mol. The zero-order valence-corrected chi connectivity index (χ0v) is 18.8. The maximum absolute atomic E-state index is 11.7. The Morgan fingerprint density at radius 2 is 2.19 bits per heavy atom. The van der Waals surface area contributed by atoms with E-state index in [4.69, 9.17) is 32.7 Å². The first kappa shape index (κ1) is 21.4. The number of fused-ring (bicyclic) bond motifs is 1. The summed E-state index contributed by atoms with van der Waals surface area (Å²) in [4.78, 5) is 19.4. The lowest BCUT2D eigenvalue weighted by Crippen LogP contribution is -2.30. The summed E-state index contributed by atoms with van der Waals surface area (Å²) in [6, 6.07) is 0.0734. The zero-order valence-electron chi connectivity index (χ0n) is 17.3. The first-order chi connectivity index (χ1) is 15.4. The molecule has 11 nitrogen and oxygen atoms in total. The van der Waals surface area contributed by atoms with Gasteiger partial charge in [-0.25, -0.2) is 9.67 Å². The van der Waals surface area contributed by atoms with E-state index >= 15 is 0 Å². The Hall–Kier alpha value is -2.50. The fourth-order valence-electron chi connectivity index (χ4n) is 4.29. The van der Waals surface area contributed by atoms with E-state index in [-0.39, 0.29) is 40.3 Å². The standard InChI is InChI=1S/C19H21Cl2N7O4/c1-11-14(28(29)30)17(25-27(11)12-3-8-32-19(9-12)4-5-19)31-7-2-6-26-16-13(15(20)24-26)10-22-18(21)23-16/h10,12H,2-9H2,1H3. The number of hydrogen-bond donors (Lipinski definition) is 0. The summed E-state index contributed by atoms with van der Waals surface area (Å²) in [6.45, 7) is 3.01. The lowest BCUT2D eigenvalue weighted by Gasteiger charge is -2.30. The second kappa shape index (κ2) is 8.13. The van der Waals surface area contributed by atoms with Crippen LogP contribution in [0.4, 0.5) is 5.69 Å². The van der Waals surface area contributed by atoms with Gasteiger partial charge >= 0.3 is 11.6 Å². The van der Waals surface area contributed by atoms with Crippen molar-refractivity contribution < 1.29 is 14.4 Å². The number of ether oxygens (including phenoxy) is 2. The minimum Gasteiger partial charge on any atom is -0.472 e. The lowest BCUT2D eigenvalue weighted by molar-refractivity contribution is -0.386. The number of halogens is 2. The van der Waals surface area contributed by atoms with Crippen LogP contribution in [0.5, 0.6) is 5.88 Å². The summed E-state index contributed by atoms with van der Waals surface area (Å²) >= 11 is 12.0. The summed E-state index contributed by atoms with van der Waals surface area (Å²) in [7, 11) is 0. The summed E-state index contributed by atoms with van der Waals surface area (Å²) in [5.41, 5.74) is 0.879. The topological polar surface area (TPSA) is 123 Å². The van der Waals surface area contributed by atoms with Crippen LogP contribution < -0.4 is 4.74 Å². The molecule has 0 radical (unpaired) electrons. The van der Waals surface area contributed by atoms with Crippen LogP contribution in [0, 0.1) is 17.0 Å². The fraction of sp³-hybridized carbons (Fsp3) is 0.579. The molecule has 4 heterocycles. The highest BCUT2D eigenvalue weighted by atomic mass is 35.5. The van der Waals surface area contributed by atoms with Crippen molar-refractivity contribution in [1.82, 2.24) is 29.5 Å². The summed E-state index contributed by atoms with van der Waals surface area (Å²) in [5.74, 6) is 0.0394. The molecule has 1 saturated heterocycles. The highest BCUT2D eigenvalue weighted by Gasteiger charge is 2.49. The lowest BCUT2D eigenvalue weighted by atomic mass is 10.0. The minimum atomic E-state index is -0.430. The minimum absolute atomic E-state index is 0.0394. The Labute approximate surface area is 192 Å². The van der Waals surface area contributed by atoms with Crippen molar-refractivity contribution in [1.29, 1.82) is 0 Å². The summed E-state index contributed by atoms with van der Waals surface area (Å²) in [6.07, 6.45) is 5.71. The van der Waals surface area contributed by atoms with Gasteiger partial charge < -0.3 is 9.47 Å². The molecule has 0 amide bonds. The fourth-order valence-corrected chi connectivity index (χ4v) is 4.64. The van der Waals surface area contributed by atoms with E-state index in [1.807, 2.05) is 0 Å². The van der Waals surface area contributed by atoms with E-state index < -0.39 is 4.92 Å². The van der Waals surface area contributed by atoms with Gasteiger partial charge in [0.2, 0.25) is 5.28 Å². The second-order valence-corrected chi connectivity index (χ2v) is 8.91. The van der Waals surface area contributed by atoms with Crippen molar-refractivity contribution in [3.8, 4) is 5.88 Å². The Morgan fingerprint density at radius 3 is 2.94 bits per heavy atom. The van der Waals surface area contributed by atoms with Gasteiger partial charge in [0.25, 0.3) is 0 Å². The maximum Gasteiger partial charge on any atom is 0.352 e. The molecule has 2 aliphatic rings. The second-order valence-electron chi connectivity index (χ2n) is 8.21. The van der Waals surface area contributed by atoms with E-state index in [2.05, 4.69) is 20.2 Å². The van der Waals surface area contributed by atoms with E-state index in [1.165, 1.54) is 6.20 Å². The Kier molecular flexibility index (Phi) is 5.42. The molecule has 0 bridgehead atoms. The van der Waals surface area contributed by atoms with Gasteiger partial charge in [-0.3, -0.25) is 14.8 Å². The molecule has 0 aromatic carbocycles. The van der Waals surface area contributed by atoms with Crippen molar-refractivity contribution in [3.63, 3.8) is 0 Å². The highest BCUT2D eigenvalue weighted by molar-refractivity contribution is 6.34. The van der Waals surface area contributed by atoms with Crippen LogP contribution in [-0.4, -0.2) is 53.3 Å². The third-order valence-corrected chi connectivity index (χ3v) is 6.52. The van der Waals surface area contributed by atoms with Gasteiger partial charge in [0.05, 0.1) is 28.6 Å². The van der Waals surface area contributed by atoms with Crippen LogP contribution in [0.25, 0.3) is 11.0 Å². The van der Waals surface area contributed by atoms with Gasteiger partial charge in [-0.1, -0.05) is 11.6 Å². The molecule has 2 fully saturated rings. The third kappa shape index (κ3) is 3.89. The smallest absolute Gasteiger partial charge is 0.352 e. The van der Waals surface area contributed by atoms with Crippen molar-refractivity contribution >= 4 is 39.9 Å². The SMILES string of the molecule is Cc1c([N+](=O)[O-])c(OCCCn2nc(Cl)c3cnc(Cl)nc32)nn1C1CCOC2(CC2)C1. The van der Waals surface area contributed by atoms with Gasteiger partial charge in [0.15, 0.2) is 10.8 Å². The maximum atomic E-state index is 11.7. The highest BCUT2D eigenvalue weighted by Crippen LogP contribution is 2.50.